The number of carboxylic acids is 1. The molecule has 1 fully saturated rings. The predicted octanol–water partition coefficient (Wildman–Crippen LogP) is -0.470. The van der Waals surface area contributed by atoms with Gasteiger partial charge < -0.3 is 20.8 Å². The van der Waals surface area contributed by atoms with E-state index in [0.717, 1.165) is 12.8 Å². The first kappa shape index (κ1) is 11.8. The van der Waals surface area contributed by atoms with E-state index in [-0.39, 0.29) is 12.6 Å². The van der Waals surface area contributed by atoms with Crippen molar-refractivity contribution in [2.24, 2.45) is 5.92 Å². The topological polar surface area (TPSA) is 98.7 Å². The Balaban J connectivity index is 2.11. The van der Waals surface area contributed by atoms with Crippen LogP contribution >= 0.6 is 0 Å². The smallest absolute Gasteiger partial charge is 0.334 e. The third-order valence-electron chi connectivity index (χ3n) is 2.45. The number of urea groups is 1. The highest BCUT2D eigenvalue weighted by Gasteiger charge is 2.26. The van der Waals surface area contributed by atoms with Crippen molar-refractivity contribution in [1.29, 1.82) is 0 Å². The molecule has 0 radical (unpaired) electrons. The van der Waals surface area contributed by atoms with Crippen molar-refractivity contribution >= 4 is 12.0 Å². The summed E-state index contributed by atoms with van der Waals surface area (Å²) < 4.78 is 0. The van der Waals surface area contributed by atoms with Crippen molar-refractivity contribution in [3.8, 4) is 0 Å². The summed E-state index contributed by atoms with van der Waals surface area (Å²) in [5.74, 6) is -0.701. The van der Waals surface area contributed by atoms with Gasteiger partial charge in [-0.1, -0.05) is 6.92 Å². The summed E-state index contributed by atoms with van der Waals surface area (Å²) in [4.78, 5) is 21.4. The van der Waals surface area contributed by atoms with Gasteiger partial charge in [0, 0.05) is 6.04 Å². The molecule has 0 bridgehead atoms. The molecule has 86 valence electrons. The highest BCUT2D eigenvalue weighted by molar-refractivity contribution is 5.76. The highest BCUT2D eigenvalue weighted by Crippen LogP contribution is 2.25. The van der Waals surface area contributed by atoms with Crippen molar-refractivity contribution in [1.82, 2.24) is 10.6 Å². The molecule has 4 N–H and O–H groups in total. The summed E-state index contributed by atoms with van der Waals surface area (Å²) in [6.07, 6.45) is 0.361. The molecule has 0 unspecified atom stereocenters. The summed E-state index contributed by atoms with van der Waals surface area (Å²) in [6.45, 7) is 1.83. The second-order valence-electron chi connectivity index (χ2n) is 3.98. The minimum atomic E-state index is -1.55. The standard InChI is InChI=1S/C9H16N2O4/c1-5-2-6(3-5)11-9(15)10-4-7(12)8(13)14/h5-7,12H,2-4H2,1H3,(H,13,14)(H2,10,11,15)/t5?,6?,7-/m0/s1. The van der Waals surface area contributed by atoms with E-state index in [2.05, 4.69) is 17.6 Å². The minimum absolute atomic E-state index is 0.182. The van der Waals surface area contributed by atoms with Gasteiger partial charge in [0.15, 0.2) is 6.10 Å². The summed E-state index contributed by atoms with van der Waals surface area (Å²) in [7, 11) is 0. The largest absolute Gasteiger partial charge is 0.479 e. The number of hydrogen-bond donors (Lipinski definition) is 4. The molecule has 1 aliphatic carbocycles. The van der Waals surface area contributed by atoms with Crippen molar-refractivity contribution in [2.75, 3.05) is 6.54 Å². The first-order valence-electron chi connectivity index (χ1n) is 4.94. The first-order chi connectivity index (χ1) is 6.99. The lowest BCUT2D eigenvalue weighted by Gasteiger charge is -2.33. The lowest BCUT2D eigenvalue weighted by Crippen LogP contribution is -2.49. The number of hydrogen-bond acceptors (Lipinski definition) is 3. The van der Waals surface area contributed by atoms with Crippen molar-refractivity contribution in [3.05, 3.63) is 0 Å². The van der Waals surface area contributed by atoms with E-state index in [1.807, 2.05) is 0 Å². The summed E-state index contributed by atoms with van der Waals surface area (Å²) in [5.41, 5.74) is 0. The minimum Gasteiger partial charge on any atom is -0.479 e. The van der Waals surface area contributed by atoms with Gasteiger partial charge >= 0.3 is 12.0 Å². The maximum Gasteiger partial charge on any atom is 0.334 e. The van der Waals surface area contributed by atoms with E-state index in [0.29, 0.717) is 5.92 Å². The Bertz CT molecular complexity index is 250. The summed E-state index contributed by atoms with van der Waals surface area (Å²) in [5, 5.41) is 22.2. The Morgan fingerprint density at radius 3 is 2.53 bits per heavy atom. The number of rotatable bonds is 4. The highest BCUT2D eigenvalue weighted by atomic mass is 16.4. The molecule has 0 heterocycles. The van der Waals surface area contributed by atoms with Crippen LogP contribution in [0.2, 0.25) is 0 Å². The van der Waals surface area contributed by atoms with Gasteiger partial charge in [-0.05, 0) is 18.8 Å². The number of aliphatic hydroxyl groups excluding tert-OH is 1. The van der Waals surface area contributed by atoms with Crippen LogP contribution in [-0.4, -0.2) is 40.9 Å². The second-order valence-corrected chi connectivity index (χ2v) is 3.98. The zero-order chi connectivity index (χ0) is 11.4. The predicted molar refractivity (Wildman–Crippen MR) is 52.4 cm³/mol. The van der Waals surface area contributed by atoms with E-state index < -0.39 is 18.1 Å². The van der Waals surface area contributed by atoms with E-state index >= 15 is 0 Å². The van der Waals surface area contributed by atoms with Crippen molar-refractivity contribution in [2.45, 2.75) is 31.9 Å². The number of nitrogens with one attached hydrogen (secondary N) is 2. The summed E-state index contributed by atoms with van der Waals surface area (Å²) >= 11 is 0. The molecule has 1 aliphatic rings. The maximum atomic E-state index is 11.2. The van der Waals surface area contributed by atoms with Crippen LogP contribution in [0.25, 0.3) is 0 Å². The van der Waals surface area contributed by atoms with Gasteiger partial charge in [-0.3, -0.25) is 0 Å². The lowest BCUT2D eigenvalue weighted by atomic mass is 9.82. The van der Waals surface area contributed by atoms with Crippen molar-refractivity contribution < 1.29 is 19.8 Å². The number of aliphatic hydroxyl groups is 1. The number of carbonyl (C=O) groups is 2. The van der Waals surface area contributed by atoms with Crippen LogP contribution in [0.15, 0.2) is 0 Å². The van der Waals surface area contributed by atoms with Gasteiger partial charge in [0.2, 0.25) is 0 Å². The molecular formula is C9H16N2O4. The fourth-order valence-electron chi connectivity index (χ4n) is 1.53. The summed E-state index contributed by atoms with van der Waals surface area (Å²) in [6, 6.07) is -0.242. The third kappa shape index (κ3) is 3.75. The zero-order valence-corrected chi connectivity index (χ0v) is 8.56. The van der Waals surface area contributed by atoms with Gasteiger partial charge in [0.25, 0.3) is 0 Å². The molecule has 0 saturated heterocycles. The molecule has 15 heavy (non-hydrogen) atoms. The molecule has 1 rings (SSSR count). The average molecular weight is 216 g/mol. The lowest BCUT2D eigenvalue weighted by molar-refractivity contribution is -0.146. The van der Waals surface area contributed by atoms with Crippen LogP contribution in [0, 0.1) is 5.92 Å². The molecule has 0 aromatic heterocycles. The van der Waals surface area contributed by atoms with Gasteiger partial charge in [0.1, 0.15) is 0 Å². The maximum absolute atomic E-state index is 11.2. The van der Waals surface area contributed by atoms with E-state index in [1.54, 1.807) is 0 Å². The SMILES string of the molecule is CC1CC(NC(=O)NC[C@H](O)C(=O)O)C1. The number of amides is 2. The molecule has 0 aromatic carbocycles. The van der Waals surface area contributed by atoms with Gasteiger partial charge in [-0.2, -0.15) is 0 Å². The Labute approximate surface area is 87.7 Å². The van der Waals surface area contributed by atoms with Crippen LogP contribution in [0.5, 0.6) is 0 Å². The molecule has 1 saturated carbocycles. The fourth-order valence-corrected chi connectivity index (χ4v) is 1.53. The molecule has 1 atom stereocenters. The fraction of sp³-hybridized carbons (Fsp3) is 0.778. The normalized spacial score (nSPS) is 26.3. The molecule has 6 heteroatoms. The van der Waals surface area contributed by atoms with Gasteiger partial charge in [-0.25, -0.2) is 9.59 Å². The van der Waals surface area contributed by atoms with Crippen LogP contribution < -0.4 is 10.6 Å². The quantitative estimate of drug-likeness (QED) is 0.510. The Morgan fingerprint density at radius 1 is 1.47 bits per heavy atom. The van der Waals surface area contributed by atoms with Crippen LogP contribution in [0.1, 0.15) is 19.8 Å². The monoisotopic (exact) mass is 216 g/mol. The van der Waals surface area contributed by atoms with Crippen LogP contribution in [-0.2, 0) is 4.79 Å². The molecular weight excluding hydrogens is 200 g/mol. The second kappa shape index (κ2) is 4.97. The third-order valence-corrected chi connectivity index (χ3v) is 2.45. The van der Waals surface area contributed by atoms with E-state index in [4.69, 9.17) is 10.2 Å². The average Bonchev–Trinajstić information content (AvgIpc) is 2.11. The van der Waals surface area contributed by atoms with E-state index in [1.165, 1.54) is 0 Å². The Kier molecular flexibility index (Phi) is 3.90. The molecule has 0 spiro atoms. The van der Waals surface area contributed by atoms with Crippen molar-refractivity contribution in [3.63, 3.8) is 0 Å². The van der Waals surface area contributed by atoms with Gasteiger partial charge in [-0.15, -0.1) is 0 Å². The Hall–Kier alpha value is -1.30. The molecule has 2 amide bonds. The molecule has 0 aromatic rings. The number of aliphatic carboxylic acids is 1. The number of carboxylic acid groups (broad SMARTS) is 1. The molecule has 6 nitrogen and oxygen atoms in total. The Morgan fingerprint density at radius 2 is 2.07 bits per heavy atom. The van der Waals surface area contributed by atoms with Crippen LogP contribution in [0.3, 0.4) is 0 Å². The molecule has 0 aliphatic heterocycles. The first-order valence-corrected chi connectivity index (χ1v) is 4.94. The van der Waals surface area contributed by atoms with Crippen LogP contribution in [0.4, 0.5) is 4.79 Å². The zero-order valence-electron chi connectivity index (χ0n) is 8.56. The van der Waals surface area contributed by atoms with E-state index in [9.17, 15) is 9.59 Å². The van der Waals surface area contributed by atoms with Gasteiger partial charge in [0.05, 0.1) is 6.54 Å². The number of carbonyl (C=O) groups excluding carboxylic acids is 1.